The maximum absolute atomic E-state index is 14.9. The largest absolute Gasteiger partial charge is 0.416 e. The van der Waals surface area contributed by atoms with Crippen molar-refractivity contribution in [2.24, 2.45) is 0 Å². The van der Waals surface area contributed by atoms with Crippen LogP contribution in [0.15, 0.2) is 30.3 Å². The first-order chi connectivity index (χ1) is 16.1. The van der Waals surface area contributed by atoms with Crippen molar-refractivity contribution in [1.29, 1.82) is 0 Å². The monoisotopic (exact) mass is 496 g/mol. The first kappa shape index (κ1) is 24.3. The van der Waals surface area contributed by atoms with Gasteiger partial charge in [0.05, 0.1) is 16.8 Å². The second kappa shape index (κ2) is 9.79. The molecule has 0 saturated carbocycles. The minimum Gasteiger partial charge on any atom is -0.399 e. The van der Waals surface area contributed by atoms with Gasteiger partial charge in [-0.15, -0.1) is 0 Å². The topological polar surface area (TPSA) is 70.3 Å². The van der Waals surface area contributed by atoms with Crippen LogP contribution in [0.2, 0.25) is 5.28 Å². The van der Waals surface area contributed by atoms with Gasteiger partial charge >= 0.3 is 6.18 Å². The SMILES string of the molecule is CCN1CCN(c2cc3c(NCCc4cc(N)cc(C(F)(F)F)c4)nc(Cl)nc3cc2F)CC1. The summed E-state index contributed by atoms with van der Waals surface area (Å²) >= 11 is 6.04. The second-order valence-electron chi connectivity index (χ2n) is 8.22. The molecule has 1 aromatic heterocycles. The Kier molecular flexibility index (Phi) is 6.99. The molecule has 0 radical (unpaired) electrons. The summed E-state index contributed by atoms with van der Waals surface area (Å²) in [5.74, 6) is 0.000924. The summed E-state index contributed by atoms with van der Waals surface area (Å²) in [5.41, 5.74) is 6.15. The molecule has 4 rings (SSSR count). The molecule has 3 aromatic rings. The van der Waals surface area contributed by atoms with Gasteiger partial charge in [-0.3, -0.25) is 0 Å². The van der Waals surface area contributed by atoms with Gasteiger partial charge in [0.2, 0.25) is 5.28 Å². The smallest absolute Gasteiger partial charge is 0.399 e. The highest BCUT2D eigenvalue weighted by molar-refractivity contribution is 6.28. The van der Waals surface area contributed by atoms with Crippen molar-refractivity contribution in [1.82, 2.24) is 14.9 Å². The van der Waals surface area contributed by atoms with Crippen molar-refractivity contribution >= 4 is 39.7 Å². The average Bonchev–Trinajstić information content (AvgIpc) is 2.77. The molecular weight excluding hydrogens is 472 g/mol. The lowest BCUT2D eigenvalue weighted by molar-refractivity contribution is -0.137. The second-order valence-corrected chi connectivity index (χ2v) is 8.56. The van der Waals surface area contributed by atoms with E-state index in [2.05, 4.69) is 27.1 Å². The molecule has 0 atom stereocenters. The third-order valence-electron chi connectivity index (χ3n) is 5.95. The lowest BCUT2D eigenvalue weighted by Gasteiger charge is -2.35. The van der Waals surface area contributed by atoms with Gasteiger partial charge < -0.3 is 20.9 Å². The van der Waals surface area contributed by atoms with E-state index in [0.29, 0.717) is 41.1 Å². The van der Waals surface area contributed by atoms with Crippen LogP contribution in [0.4, 0.5) is 34.8 Å². The number of anilines is 3. The molecule has 6 nitrogen and oxygen atoms in total. The van der Waals surface area contributed by atoms with Crippen LogP contribution in [0.3, 0.4) is 0 Å². The van der Waals surface area contributed by atoms with E-state index in [-0.39, 0.29) is 23.9 Å². The van der Waals surface area contributed by atoms with Crippen LogP contribution in [0, 0.1) is 5.82 Å². The van der Waals surface area contributed by atoms with Crippen LogP contribution < -0.4 is 16.0 Å². The third kappa shape index (κ3) is 5.44. The molecule has 1 fully saturated rings. The van der Waals surface area contributed by atoms with Crippen LogP contribution in [0.25, 0.3) is 10.9 Å². The first-order valence-electron chi connectivity index (χ1n) is 11.0. The lowest BCUT2D eigenvalue weighted by Crippen LogP contribution is -2.46. The number of aromatic nitrogens is 2. The Hall–Kier alpha value is -2.85. The number of nitrogens with one attached hydrogen (secondary N) is 1. The number of fused-ring (bicyclic) bond motifs is 1. The highest BCUT2D eigenvalue weighted by Gasteiger charge is 2.31. The summed E-state index contributed by atoms with van der Waals surface area (Å²) < 4.78 is 54.1. The fourth-order valence-electron chi connectivity index (χ4n) is 4.14. The molecule has 2 aromatic carbocycles. The van der Waals surface area contributed by atoms with Crippen LogP contribution in [-0.4, -0.2) is 54.1 Å². The van der Waals surface area contributed by atoms with Gasteiger partial charge in [0.25, 0.3) is 0 Å². The van der Waals surface area contributed by atoms with Gasteiger partial charge in [-0.1, -0.05) is 6.92 Å². The van der Waals surface area contributed by atoms with Gasteiger partial charge in [0.1, 0.15) is 11.6 Å². The number of nitrogen functional groups attached to an aromatic ring is 1. The Labute approximate surface area is 199 Å². The number of alkyl halides is 3. The molecular formula is C23H25ClF4N6. The zero-order valence-electron chi connectivity index (χ0n) is 18.6. The van der Waals surface area contributed by atoms with Crippen molar-refractivity contribution < 1.29 is 17.6 Å². The number of hydrogen-bond acceptors (Lipinski definition) is 6. The predicted molar refractivity (Wildman–Crippen MR) is 127 cm³/mol. The van der Waals surface area contributed by atoms with E-state index in [1.54, 1.807) is 6.07 Å². The number of hydrogen-bond donors (Lipinski definition) is 2. The average molecular weight is 497 g/mol. The van der Waals surface area contributed by atoms with Gasteiger partial charge in [0.15, 0.2) is 0 Å². The van der Waals surface area contributed by atoms with Crippen molar-refractivity contribution in [3.05, 3.63) is 52.6 Å². The Balaban J connectivity index is 1.56. The van der Waals surface area contributed by atoms with Crippen LogP contribution >= 0.6 is 11.6 Å². The number of likely N-dealkylation sites (N-methyl/N-ethyl adjacent to an activating group) is 1. The third-order valence-corrected chi connectivity index (χ3v) is 6.11. The molecule has 0 spiro atoms. The molecule has 0 amide bonds. The Morgan fingerprint density at radius 2 is 1.79 bits per heavy atom. The predicted octanol–water partition coefficient (Wildman–Crippen LogP) is 4.82. The quantitative estimate of drug-likeness (QED) is 0.290. The van der Waals surface area contributed by atoms with Crippen LogP contribution in [0.5, 0.6) is 0 Å². The van der Waals surface area contributed by atoms with E-state index in [1.165, 1.54) is 12.1 Å². The standard InChI is InChI=1S/C23H25ClF4N6/c1-2-33-5-7-34(8-6-33)20-12-17-19(13-18(20)25)31-22(24)32-21(17)30-4-3-14-9-15(23(26,27)28)11-16(29)10-14/h9-13H,2-8,29H2,1H3,(H,30,31,32). The summed E-state index contributed by atoms with van der Waals surface area (Å²) in [6.07, 6.45) is -4.21. The highest BCUT2D eigenvalue weighted by Crippen LogP contribution is 2.32. The van der Waals surface area contributed by atoms with Crippen molar-refractivity contribution in [2.75, 3.05) is 55.2 Å². The summed E-state index contributed by atoms with van der Waals surface area (Å²) in [5, 5.41) is 3.65. The van der Waals surface area contributed by atoms with E-state index < -0.39 is 17.6 Å². The lowest BCUT2D eigenvalue weighted by atomic mass is 10.1. The van der Waals surface area contributed by atoms with Crippen molar-refractivity contribution in [3.63, 3.8) is 0 Å². The van der Waals surface area contributed by atoms with E-state index in [9.17, 15) is 17.6 Å². The summed E-state index contributed by atoms with van der Waals surface area (Å²) in [6, 6.07) is 6.53. The van der Waals surface area contributed by atoms with E-state index in [0.717, 1.165) is 31.8 Å². The number of rotatable bonds is 6. The number of halogens is 5. The zero-order chi connectivity index (χ0) is 24.5. The highest BCUT2D eigenvalue weighted by atomic mass is 35.5. The number of nitrogens with zero attached hydrogens (tertiary/aromatic N) is 4. The Morgan fingerprint density at radius 3 is 2.47 bits per heavy atom. The number of benzene rings is 2. The van der Waals surface area contributed by atoms with E-state index in [1.807, 2.05) is 4.90 Å². The molecule has 3 N–H and O–H groups in total. The molecule has 11 heteroatoms. The molecule has 0 bridgehead atoms. The maximum atomic E-state index is 14.9. The molecule has 1 aliphatic heterocycles. The number of piperazine rings is 1. The molecule has 2 heterocycles. The molecule has 34 heavy (non-hydrogen) atoms. The minimum atomic E-state index is -4.48. The van der Waals surface area contributed by atoms with Gasteiger partial charge in [-0.25, -0.2) is 14.4 Å². The normalized spacial score (nSPS) is 15.2. The van der Waals surface area contributed by atoms with Gasteiger partial charge in [-0.05, 0) is 54.4 Å². The first-order valence-corrected chi connectivity index (χ1v) is 11.4. The number of nitrogens with two attached hydrogens (primary N) is 1. The van der Waals surface area contributed by atoms with Gasteiger partial charge in [-0.2, -0.15) is 13.2 Å². The fraction of sp³-hybridized carbons (Fsp3) is 0.391. The zero-order valence-corrected chi connectivity index (χ0v) is 19.3. The fourth-order valence-corrected chi connectivity index (χ4v) is 4.32. The molecule has 182 valence electrons. The molecule has 0 aliphatic carbocycles. The van der Waals surface area contributed by atoms with Crippen LogP contribution in [0.1, 0.15) is 18.1 Å². The Morgan fingerprint density at radius 1 is 1.06 bits per heavy atom. The Bertz CT molecular complexity index is 1180. The van der Waals surface area contributed by atoms with Gasteiger partial charge in [0, 0.05) is 49.9 Å². The van der Waals surface area contributed by atoms with E-state index >= 15 is 0 Å². The summed E-state index contributed by atoms with van der Waals surface area (Å²) in [4.78, 5) is 12.7. The van der Waals surface area contributed by atoms with Crippen LogP contribution in [-0.2, 0) is 12.6 Å². The summed E-state index contributed by atoms with van der Waals surface area (Å²) in [6.45, 7) is 6.40. The molecule has 0 unspecified atom stereocenters. The summed E-state index contributed by atoms with van der Waals surface area (Å²) in [7, 11) is 0. The molecule has 1 aliphatic rings. The maximum Gasteiger partial charge on any atom is 0.416 e. The van der Waals surface area contributed by atoms with E-state index in [4.69, 9.17) is 17.3 Å². The van der Waals surface area contributed by atoms with Crippen molar-refractivity contribution in [2.45, 2.75) is 19.5 Å². The minimum absolute atomic E-state index is 0.0450. The van der Waals surface area contributed by atoms with Crippen molar-refractivity contribution in [3.8, 4) is 0 Å². The molecule has 1 saturated heterocycles.